The summed E-state index contributed by atoms with van der Waals surface area (Å²) in [4.78, 5) is 2.89. The summed E-state index contributed by atoms with van der Waals surface area (Å²) in [5.74, 6) is 5.11. The SMILES string of the molecule is CCC1CC2CN(C3CCC(C(C)C)CC3)CC2C1. The smallest absolute Gasteiger partial charge is 0.00957 e. The Hall–Kier alpha value is -0.0400. The Kier molecular flexibility index (Phi) is 4.22. The first-order valence-electron chi connectivity index (χ1n) is 8.91. The molecule has 19 heavy (non-hydrogen) atoms. The van der Waals surface area contributed by atoms with Gasteiger partial charge < -0.3 is 0 Å². The third kappa shape index (κ3) is 2.86. The maximum atomic E-state index is 2.89. The van der Waals surface area contributed by atoms with Crippen molar-refractivity contribution in [1.82, 2.24) is 4.90 Å². The van der Waals surface area contributed by atoms with Crippen LogP contribution in [0, 0.1) is 29.6 Å². The fourth-order valence-corrected chi connectivity index (χ4v) is 5.23. The van der Waals surface area contributed by atoms with Gasteiger partial charge in [-0.3, -0.25) is 4.90 Å². The molecule has 3 rings (SSSR count). The van der Waals surface area contributed by atoms with E-state index in [0.717, 1.165) is 35.6 Å². The summed E-state index contributed by atoms with van der Waals surface area (Å²) in [6, 6.07) is 0.945. The minimum atomic E-state index is 0.907. The van der Waals surface area contributed by atoms with E-state index >= 15 is 0 Å². The summed E-state index contributed by atoms with van der Waals surface area (Å²) in [6.45, 7) is 10.1. The van der Waals surface area contributed by atoms with E-state index in [1.54, 1.807) is 12.8 Å². The molecule has 2 saturated carbocycles. The quantitative estimate of drug-likeness (QED) is 0.721. The zero-order valence-electron chi connectivity index (χ0n) is 13.3. The van der Waals surface area contributed by atoms with E-state index in [-0.39, 0.29) is 0 Å². The minimum absolute atomic E-state index is 0.907. The summed E-state index contributed by atoms with van der Waals surface area (Å²) in [7, 11) is 0. The van der Waals surface area contributed by atoms with Crippen LogP contribution >= 0.6 is 0 Å². The van der Waals surface area contributed by atoms with E-state index in [9.17, 15) is 0 Å². The molecule has 1 saturated heterocycles. The zero-order valence-corrected chi connectivity index (χ0v) is 13.3. The van der Waals surface area contributed by atoms with Crippen molar-refractivity contribution in [2.24, 2.45) is 29.6 Å². The second-order valence-electron chi connectivity index (χ2n) is 8.03. The third-order valence-corrected chi connectivity index (χ3v) is 6.65. The Balaban J connectivity index is 1.48. The number of likely N-dealkylation sites (tertiary alicyclic amines) is 1. The second kappa shape index (κ2) is 5.76. The molecular weight excluding hydrogens is 230 g/mol. The lowest BCUT2D eigenvalue weighted by atomic mass is 9.79. The van der Waals surface area contributed by atoms with Gasteiger partial charge in [-0.05, 0) is 68.1 Å². The largest absolute Gasteiger partial charge is 0.300 e. The van der Waals surface area contributed by atoms with Gasteiger partial charge in [0.2, 0.25) is 0 Å². The van der Waals surface area contributed by atoms with Crippen LogP contribution in [0.5, 0.6) is 0 Å². The lowest BCUT2D eigenvalue weighted by Crippen LogP contribution is -2.37. The Morgan fingerprint density at radius 1 is 0.947 bits per heavy atom. The van der Waals surface area contributed by atoms with Gasteiger partial charge in [0.05, 0.1) is 0 Å². The van der Waals surface area contributed by atoms with E-state index in [0.29, 0.717) is 0 Å². The minimum Gasteiger partial charge on any atom is -0.300 e. The van der Waals surface area contributed by atoms with Crippen LogP contribution in [-0.2, 0) is 0 Å². The molecule has 110 valence electrons. The van der Waals surface area contributed by atoms with Gasteiger partial charge in [0.1, 0.15) is 0 Å². The number of hydrogen-bond acceptors (Lipinski definition) is 1. The van der Waals surface area contributed by atoms with E-state index in [1.165, 1.54) is 45.2 Å². The Bertz CT molecular complexity index is 276. The molecule has 3 fully saturated rings. The van der Waals surface area contributed by atoms with Gasteiger partial charge in [0, 0.05) is 19.1 Å². The van der Waals surface area contributed by atoms with Crippen LogP contribution in [0.15, 0.2) is 0 Å². The van der Waals surface area contributed by atoms with Gasteiger partial charge in [-0.2, -0.15) is 0 Å². The van der Waals surface area contributed by atoms with E-state index in [4.69, 9.17) is 0 Å². The molecule has 0 aromatic rings. The fraction of sp³-hybridized carbons (Fsp3) is 1.00. The summed E-state index contributed by atoms with van der Waals surface area (Å²) in [5.41, 5.74) is 0. The molecule has 3 aliphatic rings. The van der Waals surface area contributed by atoms with Crippen LogP contribution in [0.4, 0.5) is 0 Å². The monoisotopic (exact) mass is 263 g/mol. The lowest BCUT2D eigenvalue weighted by molar-refractivity contribution is 0.136. The van der Waals surface area contributed by atoms with Crippen molar-refractivity contribution >= 4 is 0 Å². The average molecular weight is 263 g/mol. The maximum Gasteiger partial charge on any atom is 0.00957 e. The Morgan fingerprint density at radius 2 is 1.53 bits per heavy atom. The van der Waals surface area contributed by atoms with Gasteiger partial charge in [0.15, 0.2) is 0 Å². The van der Waals surface area contributed by atoms with Crippen molar-refractivity contribution in [3.63, 3.8) is 0 Å². The first kappa shape index (κ1) is 13.9. The topological polar surface area (TPSA) is 3.24 Å². The molecule has 1 heteroatoms. The molecular formula is C18H33N. The summed E-state index contributed by atoms with van der Waals surface area (Å²) in [6.07, 6.45) is 10.5. The lowest BCUT2D eigenvalue weighted by Gasteiger charge is -2.36. The highest BCUT2D eigenvalue weighted by molar-refractivity contribution is 4.95. The number of nitrogens with zero attached hydrogens (tertiary/aromatic N) is 1. The van der Waals surface area contributed by atoms with E-state index in [1.807, 2.05) is 0 Å². The highest BCUT2D eigenvalue weighted by Gasteiger charge is 2.42. The van der Waals surface area contributed by atoms with Crippen molar-refractivity contribution in [3.05, 3.63) is 0 Å². The molecule has 1 heterocycles. The van der Waals surface area contributed by atoms with Gasteiger partial charge >= 0.3 is 0 Å². The van der Waals surface area contributed by atoms with Gasteiger partial charge in [-0.25, -0.2) is 0 Å². The zero-order chi connectivity index (χ0) is 13.4. The molecule has 2 aliphatic carbocycles. The van der Waals surface area contributed by atoms with Crippen molar-refractivity contribution < 1.29 is 0 Å². The first-order chi connectivity index (χ1) is 9.17. The Morgan fingerprint density at radius 3 is 2.00 bits per heavy atom. The van der Waals surface area contributed by atoms with Crippen molar-refractivity contribution in [2.45, 2.75) is 71.8 Å². The van der Waals surface area contributed by atoms with Crippen molar-refractivity contribution in [2.75, 3.05) is 13.1 Å². The average Bonchev–Trinajstić information content (AvgIpc) is 2.96. The molecule has 0 aromatic heterocycles. The molecule has 2 unspecified atom stereocenters. The van der Waals surface area contributed by atoms with E-state index in [2.05, 4.69) is 25.7 Å². The molecule has 1 aliphatic heterocycles. The second-order valence-corrected chi connectivity index (χ2v) is 8.03. The highest BCUT2D eigenvalue weighted by Crippen LogP contribution is 2.44. The molecule has 0 amide bonds. The molecule has 0 spiro atoms. The highest BCUT2D eigenvalue weighted by atomic mass is 15.2. The van der Waals surface area contributed by atoms with Crippen LogP contribution in [0.1, 0.15) is 65.7 Å². The standard InChI is InChI=1S/C18H33N/c1-4-14-9-16-11-19(12-17(16)10-14)18-7-5-15(6-8-18)13(2)3/h13-18H,4-12H2,1-3H3. The first-order valence-corrected chi connectivity index (χ1v) is 8.91. The molecule has 0 aromatic carbocycles. The predicted octanol–water partition coefficient (Wildman–Crippen LogP) is 4.57. The third-order valence-electron chi connectivity index (χ3n) is 6.65. The normalized spacial score (nSPS) is 43.9. The van der Waals surface area contributed by atoms with Crippen molar-refractivity contribution in [3.8, 4) is 0 Å². The summed E-state index contributed by atoms with van der Waals surface area (Å²) in [5, 5.41) is 0. The van der Waals surface area contributed by atoms with Gasteiger partial charge in [-0.15, -0.1) is 0 Å². The van der Waals surface area contributed by atoms with Crippen LogP contribution in [-0.4, -0.2) is 24.0 Å². The summed E-state index contributed by atoms with van der Waals surface area (Å²) >= 11 is 0. The van der Waals surface area contributed by atoms with Gasteiger partial charge in [-0.1, -0.05) is 27.2 Å². The fourth-order valence-electron chi connectivity index (χ4n) is 5.23. The van der Waals surface area contributed by atoms with Crippen LogP contribution in [0.2, 0.25) is 0 Å². The maximum absolute atomic E-state index is 2.89. The van der Waals surface area contributed by atoms with E-state index < -0.39 is 0 Å². The van der Waals surface area contributed by atoms with Gasteiger partial charge in [0.25, 0.3) is 0 Å². The number of fused-ring (bicyclic) bond motifs is 1. The van der Waals surface area contributed by atoms with Crippen LogP contribution < -0.4 is 0 Å². The number of hydrogen-bond donors (Lipinski definition) is 0. The summed E-state index contributed by atoms with van der Waals surface area (Å²) < 4.78 is 0. The molecule has 0 radical (unpaired) electrons. The Labute approximate surface area is 120 Å². The predicted molar refractivity (Wildman–Crippen MR) is 82.2 cm³/mol. The van der Waals surface area contributed by atoms with Crippen molar-refractivity contribution in [1.29, 1.82) is 0 Å². The van der Waals surface area contributed by atoms with Crippen LogP contribution in [0.3, 0.4) is 0 Å². The molecule has 1 nitrogen and oxygen atoms in total. The molecule has 2 atom stereocenters. The number of rotatable bonds is 3. The van der Waals surface area contributed by atoms with Crippen LogP contribution in [0.25, 0.3) is 0 Å². The molecule has 0 N–H and O–H groups in total. The molecule has 0 bridgehead atoms.